The highest BCUT2D eigenvalue weighted by molar-refractivity contribution is 4.58. The lowest BCUT2D eigenvalue weighted by atomic mass is 10.3. The third kappa shape index (κ3) is 12.2. The van der Waals surface area contributed by atoms with Gasteiger partial charge in [-0.2, -0.15) is 0 Å². The topological polar surface area (TPSA) is 219 Å². The Kier molecular flexibility index (Phi) is 9.01. The quantitative estimate of drug-likeness (QED) is 0.260. The van der Waals surface area contributed by atoms with Crippen molar-refractivity contribution < 1.29 is 44.4 Å². The molecule has 0 aliphatic rings. The summed E-state index contributed by atoms with van der Waals surface area (Å²) in [5, 5.41) is 35.4. The summed E-state index contributed by atoms with van der Waals surface area (Å²) in [7, 11) is 0. The molecule has 1 atom stereocenters. The summed E-state index contributed by atoms with van der Waals surface area (Å²) in [6, 6.07) is 0. The van der Waals surface area contributed by atoms with Crippen molar-refractivity contribution in [2.24, 2.45) is 0 Å². The van der Waals surface area contributed by atoms with E-state index in [2.05, 4.69) is 19.4 Å². The molecule has 0 aromatic rings. The number of hydrogen-bond donors (Lipinski definition) is 0. The van der Waals surface area contributed by atoms with Gasteiger partial charge in [0.2, 0.25) is 0 Å². The van der Waals surface area contributed by atoms with E-state index in [0.717, 1.165) is 0 Å². The summed E-state index contributed by atoms with van der Waals surface area (Å²) < 4.78 is 4.85. The average molecular weight is 346 g/mol. The van der Waals surface area contributed by atoms with E-state index in [1.165, 1.54) is 0 Å². The minimum Gasteiger partial charge on any atom is -0.372 e. The van der Waals surface area contributed by atoms with Crippen molar-refractivity contribution in [3.63, 3.8) is 0 Å². The van der Waals surface area contributed by atoms with Crippen molar-refractivity contribution in [3.8, 4) is 0 Å². The molecule has 0 spiro atoms. The van der Waals surface area contributed by atoms with Gasteiger partial charge in [-0.3, -0.25) is 0 Å². The molecule has 0 N–H and O–H groups in total. The molecule has 0 heterocycles. The monoisotopic (exact) mass is 346 g/mol. The Balaban J connectivity index is 4.51. The summed E-state index contributed by atoms with van der Waals surface area (Å²) in [5.74, 6) is 0. The molecule has 132 valence electrons. The maximum atomic E-state index is 10.2. The Bertz CT molecular complexity index is 411. The Morgan fingerprint density at radius 2 is 1.00 bits per heavy atom. The van der Waals surface area contributed by atoms with Gasteiger partial charge in [0.1, 0.15) is 25.9 Å². The molecule has 0 rings (SSSR count). The van der Waals surface area contributed by atoms with Gasteiger partial charge in [0, 0.05) is 0 Å². The van der Waals surface area contributed by atoms with Gasteiger partial charge in [0.25, 0.3) is 20.3 Å². The summed E-state index contributed by atoms with van der Waals surface area (Å²) in [5.41, 5.74) is 0. The highest BCUT2D eigenvalue weighted by Crippen LogP contribution is 2.02. The van der Waals surface area contributed by atoms with Crippen LogP contribution in [0.5, 0.6) is 0 Å². The molecule has 23 heavy (non-hydrogen) atoms. The maximum absolute atomic E-state index is 10.2. The minimum atomic E-state index is -1.57. The molecular weight excluding hydrogens is 336 g/mol. The van der Waals surface area contributed by atoms with Gasteiger partial charge in [-0.15, -0.1) is 40.5 Å². The van der Waals surface area contributed by atoms with Crippen LogP contribution in [0.4, 0.5) is 0 Å². The lowest BCUT2D eigenvalue weighted by Crippen LogP contribution is -2.35. The molecule has 0 aromatic heterocycles. The Morgan fingerprint density at radius 1 is 0.609 bits per heavy atom. The summed E-state index contributed by atoms with van der Waals surface area (Å²) >= 11 is 0. The van der Waals surface area contributed by atoms with Gasteiger partial charge in [-0.05, 0) is 0 Å². The Labute approximate surface area is 125 Å². The zero-order valence-electron chi connectivity index (χ0n) is 11.1. The normalized spacial score (nSPS) is 11.3. The van der Waals surface area contributed by atoms with Crippen LogP contribution in [0.15, 0.2) is 0 Å². The zero-order chi connectivity index (χ0) is 17.8. The van der Waals surface area contributed by atoms with Crippen LogP contribution in [-0.4, -0.2) is 59.0 Å². The van der Waals surface area contributed by atoms with E-state index in [-0.39, 0.29) is 0 Å². The van der Waals surface area contributed by atoms with Gasteiger partial charge in [-0.1, -0.05) is 0 Å². The van der Waals surface area contributed by atoms with Crippen LogP contribution in [0.25, 0.3) is 0 Å². The molecule has 0 fully saturated rings. The first-order valence-electron chi connectivity index (χ1n) is 5.45. The third-order valence-electron chi connectivity index (χ3n) is 1.85. The fourth-order valence-corrected chi connectivity index (χ4v) is 1.05. The third-order valence-corrected chi connectivity index (χ3v) is 1.85. The largest absolute Gasteiger partial charge is 0.372 e. The predicted octanol–water partition coefficient (Wildman–Crippen LogP) is -1.43. The van der Waals surface area contributed by atoms with Crippen molar-refractivity contribution in [3.05, 3.63) is 40.5 Å². The van der Waals surface area contributed by atoms with E-state index in [1.807, 2.05) is 0 Å². The van der Waals surface area contributed by atoms with Crippen molar-refractivity contribution in [2.75, 3.05) is 26.4 Å². The van der Waals surface area contributed by atoms with E-state index in [4.69, 9.17) is 4.74 Å². The highest BCUT2D eigenvalue weighted by atomic mass is 17.0. The summed E-state index contributed by atoms with van der Waals surface area (Å²) in [6.07, 6.45) is -2.94. The number of nitrogens with zero attached hydrogens (tertiary/aromatic N) is 4. The molecule has 17 nitrogen and oxygen atoms in total. The van der Waals surface area contributed by atoms with Gasteiger partial charge in [0.15, 0.2) is 6.10 Å². The number of rotatable bonds is 14. The van der Waals surface area contributed by atoms with Crippen LogP contribution >= 0.6 is 0 Å². The molecular formula is C6H10N4O13. The number of hydrogen-bond acceptors (Lipinski definition) is 13. The standard InChI is InChI=1S/C6H10N4O13/c11-7(12)20-2-5(3-21-8(13)14)19-1-6(23-10(17)18)4-22-9(15)16/h5-6H,1-4H2. The lowest BCUT2D eigenvalue weighted by Gasteiger charge is -2.19. The van der Waals surface area contributed by atoms with E-state index in [0.29, 0.717) is 0 Å². The zero-order valence-corrected chi connectivity index (χ0v) is 11.1. The van der Waals surface area contributed by atoms with Crippen LogP contribution in [0.3, 0.4) is 0 Å². The first-order valence-corrected chi connectivity index (χ1v) is 5.45. The van der Waals surface area contributed by atoms with E-state index >= 15 is 0 Å². The molecule has 0 saturated carbocycles. The molecule has 17 heteroatoms. The van der Waals surface area contributed by atoms with E-state index in [9.17, 15) is 40.5 Å². The van der Waals surface area contributed by atoms with Gasteiger partial charge < -0.3 is 24.1 Å². The van der Waals surface area contributed by atoms with Gasteiger partial charge >= 0.3 is 0 Å². The minimum absolute atomic E-state index is 0.721. The highest BCUT2D eigenvalue weighted by Gasteiger charge is 2.21. The van der Waals surface area contributed by atoms with Crippen LogP contribution in [0.2, 0.25) is 0 Å². The van der Waals surface area contributed by atoms with Crippen molar-refractivity contribution >= 4 is 0 Å². The summed E-state index contributed by atoms with van der Waals surface area (Å²) in [4.78, 5) is 56.1. The van der Waals surface area contributed by atoms with Crippen LogP contribution in [-0.2, 0) is 24.1 Å². The van der Waals surface area contributed by atoms with Gasteiger partial charge in [-0.25, -0.2) is 0 Å². The molecule has 0 aromatic carbocycles. The fraction of sp³-hybridized carbons (Fsp3) is 1.00. The second kappa shape index (κ2) is 10.5. The first kappa shape index (κ1) is 19.8. The Morgan fingerprint density at radius 3 is 1.35 bits per heavy atom. The van der Waals surface area contributed by atoms with Crippen LogP contribution in [0, 0.1) is 40.5 Å². The molecule has 0 aliphatic heterocycles. The van der Waals surface area contributed by atoms with Crippen molar-refractivity contribution in [2.45, 2.75) is 12.2 Å². The van der Waals surface area contributed by atoms with Crippen LogP contribution < -0.4 is 0 Å². The first-order chi connectivity index (χ1) is 10.7. The molecule has 1 unspecified atom stereocenters. The average Bonchev–Trinajstić information content (AvgIpc) is 2.42. The summed E-state index contributed by atoms with van der Waals surface area (Å²) in [6.45, 7) is -3.18. The second-order valence-electron chi connectivity index (χ2n) is 3.46. The number of ether oxygens (including phenoxy) is 1. The maximum Gasteiger partial charge on any atom is 0.294 e. The molecule has 0 radical (unpaired) electrons. The fourth-order valence-electron chi connectivity index (χ4n) is 1.05. The molecule has 0 bridgehead atoms. The predicted molar refractivity (Wildman–Crippen MR) is 60.4 cm³/mol. The molecule has 0 amide bonds. The van der Waals surface area contributed by atoms with Crippen LogP contribution in [0.1, 0.15) is 0 Å². The molecule has 0 aliphatic carbocycles. The smallest absolute Gasteiger partial charge is 0.294 e. The lowest BCUT2D eigenvalue weighted by molar-refractivity contribution is -0.790. The SMILES string of the molecule is O=[N+]([O-])OCC(CO[N+](=O)[O-])OCC(CO[N+](=O)[O-])O[N+](=O)[O-]. The van der Waals surface area contributed by atoms with E-state index in [1.54, 1.807) is 0 Å². The van der Waals surface area contributed by atoms with Crippen molar-refractivity contribution in [1.82, 2.24) is 0 Å². The van der Waals surface area contributed by atoms with E-state index < -0.39 is 59.0 Å². The molecule has 0 saturated heterocycles. The second-order valence-corrected chi connectivity index (χ2v) is 3.46. The Hall–Kier alpha value is -3.24. The van der Waals surface area contributed by atoms with Crippen molar-refractivity contribution in [1.29, 1.82) is 0 Å². The van der Waals surface area contributed by atoms with Gasteiger partial charge in [0.05, 0.1) is 6.61 Å².